The summed E-state index contributed by atoms with van der Waals surface area (Å²) in [5.74, 6) is 0.731. The van der Waals surface area contributed by atoms with Crippen LogP contribution in [-0.4, -0.2) is 12.6 Å². The lowest BCUT2D eigenvalue weighted by atomic mass is 9.99. The van der Waals surface area contributed by atoms with E-state index < -0.39 is 0 Å². The summed E-state index contributed by atoms with van der Waals surface area (Å²) in [5.41, 5.74) is 11.3. The number of hydrogen-bond donors (Lipinski definition) is 2. The van der Waals surface area contributed by atoms with Gasteiger partial charge in [0.1, 0.15) is 0 Å². The molecule has 2 heteroatoms. The van der Waals surface area contributed by atoms with Gasteiger partial charge in [-0.15, -0.1) is 0 Å². The number of nitrogens with two attached hydrogens (primary N) is 2. The molecule has 0 aromatic rings. The van der Waals surface area contributed by atoms with Crippen LogP contribution in [0.4, 0.5) is 0 Å². The zero-order valence-corrected chi connectivity index (χ0v) is 8.55. The molecule has 0 radical (unpaired) electrons. The SMILES string of the molecule is CC(C)CC(N)CCCCCN. The number of unbranched alkanes of at least 4 members (excludes halogenated alkanes) is 2. The summed E-state index contributed by atoms with van der Waals surface area (Å²) in [6.07, 6.45) is 5.95. The summed E-state index contributed by atoms with van der Waals surface area (Å²) in [5, 5.41) is 0. The second kappa shape index (κ2) is 7.56. The van der Waals surface area contributed by atoms with Crippen LogP contribution in [0.3, 0.4) is 0 Å². The summed E-state index contributed by atoms with van der Waals surface area (Å²) in [7, 11) is 0. The Morgan fingerprint density at radius 1 is 1.08 bits per heavy atom. The summed E-state index contributed by atoms with van der Waals surface area (Å²) in [6, 6.07) is 0.405. The molecule has 0 aromatic heterocycles. The van der Waals surface area contributed by atoms with E-state index in [1.807, 2.05) is 0 Å². The van der Waals surface area contributed by atoms with Gasteiger partial charge in [-0.05, 0) is 31.7 Å². The molecule has 0 saturated carbocycles. The van der Waals surface area contributed by atoms with Crippen molar-refractivity contribution in [2.75, 3.05) is 6.54 Å². The van der Waals surface area contributed by atoms with Gasteiger partial charge in [0, 0.05) is 6.04 Å². The molecule has 74 valence electrons. The first-order valence-electron chi connectivity index (χ1n) is 5.12. The lowest BCUT2D eigenvalue weighted by molar-refractivity contribution is 0.455. The van der Waals surface area contributed by atoms with Crippen molar-refractivity contribution < 1.29 is 0 Å². The molecule has 0 rings (SSSR count). The smallest absolute Gasteiger partial charge is 0.00412 e. The lowest BCUT2D eigenvalue weighted by Crippen LogP contribution is -2.21. The molecular weight excluding hydrogens is 148 g/mol. The first-order chi connectivity index (χ1) is 5.66. The van der Waals surface area contributed by atoms with Crippen LogP contribution in [0.2, 0.25) is 0 Å². The summed E-state index contributed by atoms with van der Waals surface area (Å²) >= 11 is 0. The molecule has 0 aliphatic carbocycles. The van der Waals surface area contributed by atoms with E-state index >= 15 is 0 Å². The monoisotopic (exact) mass is 172 g/mol. The Balaban J connectivity index is 3.14. The first-order valence-corrected chi connectivity index (χ1v) is 5.12. The zero-order valence-electron chi connectivity index (χ0n) is 8.55. The van der Waals surface area contributed by atoms with Crippen LogP contribution in [0.15, 0.2) is 0 Å². The molecule has 1 atom stereocenters. The maximum atomic E-state index is 5.93. The van der Waals surface area contributed by atoms with Crippen molar-refractivity contribution in [1.82, 2.24) is 0 Å². The van der Waals surface area contributed by atoms with Gasteiger partial charge in [0.15, 0.2) is 0 Å². The van der Waals surface area contributed by atoms with Gasteiger partial charge in [0.05, 0.1) is 0 Å². The highest BCUT2D eigenvalue weighted by molar-refractivity contribution is 4.63. The molecule has 2 nitrogen and oxygen atoms in total. The molecule has 0 spiro atoms. The van der Waals surface area contributed by atoms with Crippen LogP contribution in [0.25, 0.3) is 0 Å². The van der Waals surface area contributed by atoms with Gasteiger partial charge < -0.3 is 11.5 Å². The fourth-order valence-electron chi connectivity index (χ4n) is 1.45. The normalized spacial score (nSPS) is 13.8. The Morgan fingerprint density at radius 2 is 1.75 bits per heavy atom. The maximum Gasteiger partial charge on any atom is 0.00412 e. The van der Waals surface area contributed by atoms with E-state index in [0.717, 1.165) is 31.7 Å². The predicted molar refractivity (Wildman–Crippen MR) is 55.0 cm³/mol. The predicted octanol–water partition coefficient (Wildman–Crippen LogP) is 1.88. The van der Waals surface area contributed by atoms with Crippen LogP contribution < -0.4 is 11.5 Å². The summed E-state index contributed by atoms with van der Waals surface area (Å²) < 4.78 is 0. The van der Waals surface area contributed by atoms with E-state index in [2.05, 4.69) is 13.8 Å². The van der Waals surface area contributed by atoms with Crippen LogP contribution in [-0.2, 0) is 0 Å². The van der Waals surface area contributed by atoms with Crippen molar-refractivity contribution in [2.24, 2.45) is 17.4 Å². The van der Waals surface area contributed by atoms with Crippen LogP contribution in [0.5, 0.6) is 0 Å². The average Bonchev–Trinajstić information content (AvgIpc) is 1.97. The molecule has 0 aliphatic heterocycles. The third-order valence-electron chi connectivity index (χ3n) is 2.05. The van der Waals surface area contributed by atoms with E-state index in [9.17, 15) is 0 Å². The molecule has 1 unspecified atom stereocenters. The quantitative estimate of drug-likeness (QED) is 0.576. The molecule has 0 heterocycles. The van der Waals surface area contributed by atoms with Crippen molar-refractivity contribution in [1.29, 1.82) is 0 Å². The minimum absolute atomic E-state index is 0.405. The summed E-state index contributed by atoms with van der Waals surface area (Å²) in [4.78, 5) is 0. The third-order valence-corrected chi connectivity index (χ3v) is 2.05. The Morgan fingerprint density at radius 3 is 2.25 bits per heavy atom. The average molecular weight is 172 g/mol. The Hall–Kier alpha value is -0.0800. The molecular formula is C10H24N2. The Bertz CT molecular complexity index is 91.8. The van der Waals surface area contributed by atoms with E-state index in [4.69, 9.17) is 11.5 Å². The van der Waals surface area contributed by atoms with Crippen LogP contribution in [0.1, 0.15) is 46.0 Å². The second-order valence-corrected chi connectivity index (χ2v) is 4.03. The van der Waals surface area contributed by atoms with Gasteiger partial charge in [-0.25, -0.2) is 0 Å². The largest absolute Gasteiger partial charge is 0.330 e. The minimum atomic E-state index is 0.405. The van der Waals surface area contributed by atoms with Crippen molar-refractivity contribution in [3.8, 4) is 0 Å². The van der Waals surface area contributed by atoms with E-state index in [1.54, 1.807) is 0 Å². The maximum absolute atomic E-state index is 5.93. The lowest BCUT2D eigenvalue weighted by Gasteiger charge is -2.13. The molecule has 12 heavy (non-hydrogen) atoms. The van der Waals surface area contributed by atoms with Crippen molar-refractivity contribution in [2.45, 2.75) is 52.0 Å². The topological polar surface area (TPSA) is 52.0 Å². The molecule has 0 aliphatic rings. The standard InChI is InChI=1S/C10H24N2/c1-9(2)8-10(12)6-4-3-5-7-11/h9-10H,3-8,11-12H2,1-2H3. The minimum Gasteiger partial charge on any atom is -0.330 e. The fraction of sp³-hybridized carbons (Fsp3) is 1.00. The van der Waals surface area contributed by atoms with Crippen LogP contribution in [0, 0.1) is 5.92 Å². The van der Waals surface area contributed by atoms with Gasteiger partial charge in [-0.3, -0.25) is 0 Å². The second-order valence-electron chi connectivity index (χ2n) is 4.03. The molecule has 0 saturated heterocycles. The van der Waals surface area contributed by atoms with Gasteiger partial charge in [0.25, 0.3) is 0 Å². The molecule has 0 bridgehead atoms. The van der Waals surface area contributed by atoms with Crippen molar-refractivity contribution in [3.05, 3.63) is 0 Å². The molecule has 0 fully saturated rings. The fourth-order valence-corrected chi connectivity index (χ4v) is 1.45. The number of hydrogen-bond acceptors (Lipinski definition) is 2. The number of rotatable bonds is 7. The van der Waals surface area contributed by atoms with Gasteiger partial charge in [0.2, 0.25) is 0 Å². The van der Waals surface area contributed by atoms with Crippen molar-refractivity contribution >= 4 is 0 Å². The van der Waals surface area contributed by atoms with E-state index in [-0.39, 0.29) is 0 Å². The third kappa shape index (κ3) is 8.02. The Labute approximate surface area is 76.7 Å². The highest BCUT2D eigenvalue weighted by Crippen LogP contribution is 2.09. The van der Waals surface area contributed by atoms with Gasteiger partial charge in [-0.1, -0.05) is 26.7 Å². The summed E-state index contributed by atoms with van der Waals surface area (Å²) in [6.45, 7) is 5.26. The van der Waals surface area contributed by atoms with E-state index in [0.29, 0.717) is 6.04 Å². The zero-order chi connectivity index (χ0) is 9.40. The molecule has 0 amide bonds. The first kappa shape index (κ1) is 11.9. The van der Waals surface area contributed by atoms with Gasteiger partial charge >= 0.3 is 0 Å². The van der Waals surface area contributed by atoms with Gasteiger partial charge in [-0.2, -0.15) is 0 Å². The van der Waals surface area contributed by atoms with E-state index in [1.165, 1.54) is 12.8 Å². The highest BCUT2D eigenvalue weighted by Gasteiger charge is 2.04. The molecule has 4 N–H and O–H groups in total. The van der Waals surface area contributed by atoms with Crippen molar-refractivity contribution in [3.63, 3.8) is 0 Å². The Kier molecular flexibility index (Phi) is 7.51. The highest BCUT2D eigenvalue weighted by atomic mass is 14.6. The molecule has 0 aromatic carbocycles. The van der Waals surface area contributed by atoms with Crippen LogP contribution >= 0.6 is 0 Å².